The van der Waals surface area contributed by atoms with E-state index in [1.165, 1.54) is 11.3 Å². The van der Waals surface area contributed by atoms with Crippen LogP contribution in [0, 0.1) is 0 Å². The highest BCUT2D eigenvalue weighted by molar-refractivity contribution is 7.13. The Kier molecular flexibility index (Phi) is 7.78. The van der Waals surface area contributed by atoms with E-state index < -0.39 is 0 Å². The second-order valence-corrected chi connectivity index (χ2v) is 6.09. The number of nitrogens with two attached hydrogens (primary N) is 1. The standard InChI is InChI=1S/C15H18N4OS.2ClH/c16-12-4-1-3-11(9-12)10-19-7-2-5-13(19)14(20)18-15-17-6-8-21-15;;/h1,3-4,6,8-9,13H,2,5,7,10,16H2,(H,17,18,20);2*1H. The maximum absolute atomic E-state index is 12.4. The molecular formula is C15H20Cl2N4OS. The van der Waals surface area contributed by atoms with Gasteiger partial charge in [0.2, 0.25) is 5.91 Å². The van der Waals surface area contributed by atoms with Crippen molar-refractivity contribution < 1.29 is 4.79 Å². The Morgan fingerprint density at radius 2 is 2.26 bits per heavy atom. The van der Waals surface area contributed by atoms with Crippen molar-refractivity contribution in [1.82, 2.24) is 9.88 Å². The summed E-state index contributed by atoms with van der Waals surface area (Å²) in [6.07, 6.45) is 3.62. The number of nitrogen functional groups attached to an aromatic ring is 1. The van der Waals surface area contributed by atoms with Crippen molar-refractivity contribution in [3.63, 3.8) is 0 Å². The molecule has 1 atom stereocenters. The van der Waals surface area contributed by atoms with E-state index in [4.69, 9.17) is 5.73 Å². The number of thiazole rings is 1. The number of amides is 1. The summed E-state index contributed by atoms with van der Waals surface area (Å²) in [7, 11) is 0. The maximum Gasteiger partial charge on any atom is 0.243 e. The van der Waals surface area contributed by atoms with E-state index in [-0.39, 0.29) is 36.8 Å². The first-order chi connectivity index (χ1) is 10.2. The third-order valence-corrected chi connectivity index (χ3v) is 4.35. The van der Waals surface area contributed by atoms with Gasteiger partial charge in [0.15, 0.2) is 5.13 Å². The van der Waals surface area contributed by atoms with Crippen LogP contribution in [0.25, 0.3) is 0 Å². The highest BCUT2D eigenvalue weighted by atomic mass is 35.5. The highest BCUT2D eigenvalue weighted by Crippen LogP contribution is 2.22. The van der Waals surface area contributed by atoms with Crippen molar-refractivity contribution in [3.05, 3.63) is 41.4 Å². The van der Waals surface area contributed by atoms with Gasteiger partial charge in [0, 0.05) is 23.8 Å². The third-order valence-electron chi connectivity index (χ3n) is 3.67. The van der Waals surface area contributed by atoms with Crippen molar-refractivity contribution in [2.45, 2.75) is 25.4 Å². The lowest BCUT2D eigenvalue weighted by Gasteiger charge is -2.23. The number of nitrogens with zero attached hydrogens (tertiary/aromatic N) is 2. The molecule has 1 saturated heterocycles. The topological polar surface area (TPSA) is 71.2 Å². The number of hydrogen-bond acceptors (Lipinski definition) is 5. The smallest absolute Gasteiger partial charge is 0.243 e. The molecule has 3 rings (SSSR count). The minimum atomic E-state index is -0.0877. The predicted molar refractivity (Wildman–Crippen MR) is 99.5 cm³/mol. The Balaban J connectivity index is 0.00000132. The van der Waals surface area contributed by atoms with Gasteiger partial charge in [0.1, 0.15) is 0 Å². The minimum Gasteiger partial charge on any atom is -0.399 e. The fourth-order valence-electron chi connectivity index (χ4n) is 2.71. The van der Waals surface area contributed by atoms with Crippen molar-refractivity contribution in [3.8, 4) is 0 Å². The Hall–Kier alpha value is -1.34. The molecular weight excluding hydrogens is 355 g/mol. The lowest BCUT2D eigenvalue weighted by atomic mass is 10.1. The van der Waals surface area contributed by atoms with Gasteiger partial charge >= 0.3 is 0 Å². The average molecular weight is 375 g/mol. The molecule has 1 unspecified atom stereocenters. The van der Waals surface area contributed by atoms with E-state index in [0.29, 0.717) is 5.13 Å². The summed E-state index contributed by atoms with van der Waals surface area (Å²) in [5.41, 5.74) is 7.72. The molecule has 3 N–H and O–H groups in total. The van der Waals surface area contributed by atoms with E-state index in [0.717, 1.165) is 37.2 Å². The second kappa shape index (κ2) is 9.08. The number of likely N-dealkylation sites (tertiary alicyclic amines) is 1. The largest absolute Gasteiger partial charge is 0.399 e. The number of carbonyl (C=O) groups excluding carboxylic acids is 1. The van der Waals surface area contributed by atoms with Crippen LogP contribution in [0.5, 0.6) is 0 Å². The summed E-state index contributed by atoms with van der Waals surface area (Å²) in [5.74, 6) is 0.0337. The van der Waals surface area contributed by atoms with Crippen LogP contribution in [0.4, 0.5) is 10.8 Å². The molecule has 1 aliphatic rings. The van der Waals surface area contributed by atoms with E-state index in [2.05, 4.69) is 15.2 Å². The molecule has 0 bridgehead atoms. The summed E-state index contributed by atoms with van der Waals surface area (Å²) in [5, 5.41) is 5.41. The number of hydrogen-bond donors (Lipinski definition) is 2. The van der Waals surface area contributed by atoms with Gasteiger partial charge in [-0.15, -0.1) is 36.2 Å². The van der Waals surface area contributed by atoms with Crippen LogP contribution < -0.4 is 11.1 Å². The van der Waals surface area contributed by atoms with E-state index in [1.807, 2.05) is 29.6 Å². The second-order valence-electron chi connectivity index (χ2n) is 5.20. The molecule has 5 nitrogen and oxygen atoms in total. The molecule has 1 aromatic carbocycles. The number of rotatable bonds is 4. The lowest BCUT2D eigenvalue weighted by molar-refractivity contribution is -0.120. The molecule has 23 heavy (non-hydrogen) atoms. The van der Waals surface area contributed by atoms with Crippen LogP contribution in [0.1, 0.15) is 18.4 Å². The molecule has 1 amide bonds. The van der Waals surface area contributed by atoms with Crippen LogP contribution in [-0.2, 0) is 11.3 Å². The summed E-state index contributed by atoms with van der Waals surface area (Å²) >= 11 is 1.44. The fourth-order valence-corrected chi connectivity index (χ4v) is 3.24. The van der Waals surface area contributed by atoms with Gasteiger partial charge in [-0.25, -0.2) is 4.98 Å². The Labute approximate surface area is 152 Å². The first-order valence-electron chi connectivity index (χ1n) is 7.01. The van der Waals surface area contributed by atoms with Crippen LogP contribution >= 0.6 is 36.2 Å². The zero-order valence-electron chi connectivity index (χ0n) is 12.5. The SMILES string of the molecule is Cl.Cl.Nc1cccc(CN2CCCC2C(=O)Nc2nccs2)c1. The summed E-state index contributed by atoms with van der Waals surface area (Å²) in [6.45, 7) is 1.69. The molecule has 2 aromatic rings. The molecule has 0 saturated carbocycles. The number of halogens is 2. The van der Waals surface area contributed by atoms with Crippen LogP contribution in [0.2, 0.25) is 0 Å². The number of aromatic nitrogens is 1. The van der Waals surface area contributed by atoms with Crippen molar-refractivity contribution >= 4 is 52.9 Å². The molecule has 0 radical (unpaired) electrons. The van der Waals surface area contributed by atoms with Crippen LogP contribution in [-0.4, -0.2) is 28.4 Å². The molecule has 1 aliphatic heterocycles. The maximum atomic E-state index is 12.4. The normalized spacial score (nSPS) is 17.1. The average Bonchev–Trinajstić information content (AvgIpc) is 3.10. The summed E-state index contributed by atoms with van der Waals surface area (Å²) in [4.78, 5) is 18.7. The summed E-state index contributed by atoms with van der Waals surface area (Å²) in [6, 6.07) is 7.75. The Bertz CT molecular complexity index is 624. The van der Waals surface area contributed by atoms with E-state index in [1.54, 1.807) is 6.20 Å². The van der Waals surface area contributed by atoms with Gasteiger partial charge in [-0.1, -0.05) is 12.1 Å². The molecule has 8 heteroatoms. The van der Waals surface area contributed by atoms with E-state index in [9.17, 15) is 4.79 Å². The zero-order chi connectivity index (χ0) is 14.7. The van der Waals surface area contributed by atoms with Gasteiger partial charge in [-0.05, 0) is 37.1 Å². The number of nitrogens with one attached hydrogen (secondary N) is 1. The lowest BCUT2D eigenvalue weighted by Crippen LogP contribution is -2.39. The number of benzene rings is 1. The van der Waals surface area contributed by atoms with Crippen molar-refractivity contribution in [1.29, 1.82) is 0 Å². The fraction of sp³-hybridized carbons (Fsp3) is 0.333. The quantitative estimate of drug-likeness (QED) is 0.806. The van der Waals surface area contributed by atoms with Gasteiger partial charge in [0.05, 0.1) is 6.04 Å². The highest BCUT2D eigenvalue weighted by Gasteiger charge is 2.30. The third kappa shape index (κ3) is 5.07. The molecule has 0 aliphatic carbocycles. The number of carbonyl (C=O) groups is 1. The molecule has 1 fully saturated rings. The number of anilines is 2. The molecule has 2 heterocycles. The van der Waals surface area contributed by atoms with Gasteiger partial charge in [-0.2, -0.15) is 0 Å². The first-order valence-corrected chi connectivity index (χ1v) is 7.89. The molecule has 126 valence electrons. The molecule has 0 spiro atoms. The predicted octanol–water partition coefficient (Wildman–Crippen LogP) is 3.17. The van der Waals surface area contributed by atoms with Gasteiger partial charge in [-0.3, -0.25) is 9.69 Å². The van der Waals surface area contributed by atoms with Crippen molar-refractivity contribution in [2.24, 2.45) is 0 Å². The minimum absolute atomic E-state index is 0. The van der Waals surface area contributed by atoms with Crippen molar-refractivity contribution in [2.75, 3.05) is 17.6 Å². The Morgan fingerprint density at radius 3 is 2.96 bits per heavy atom. The monoisotopic (exact) mass is 374 g/mol. The zero-order valence-corrected chi connectivity index (χ0v) is 14.9. The van der Waals surface area contributed by atoms with Crippen LogP contribution in [0.3, 0.4) is 0 Å². The van der Waals surface area contributed by atoms with Gasteiger partial charge < -0.3 is 11.1 Å². The first kappa shape index (κ1) is 19.7. The summed E-state index contributed by atoms with van der Waals surface area (Å²) < 4.78 is 0. The van der Waals surface area contributed by atoms with E-state index >= 15 is 0 Å². The van der Waals surface area contributed by atoms with Crippen LogP contribution in [0.15, 0.2) is 35.8 Å². The molecule has 1 aromatic heterocycles. The van der Waals surface area contributed by atoms with Gasteiger partial charge in [0.25, 0.3) is 0 Å². The Morgan fingerprint density at radius 1 is 1.43 bits per heavy atom.